The zero-order chi connectivity index (χ0) is 10.6. The Balaban J connectivity index is 2.89. The normalized spacial score (nSPS) is 12.1. The second-order valence-electron chi connectivity index (χ2n) is 2.83. The lowest BCUT2D eigenvalue weighted by Gasteiger charge is -2.10. The first kappa shape index (κ1) is 10.5. The summed E-state index contributed by atoms with van der Waals surface area (Å²) in [5, 5.41) is 11.8. The number of carboxylic acids is 1. The zero-order valence-electron chi connectivity index (χ0n) is 8.15. The molecule has 0 heterocycles. The van der Waals surface area contributed by atoms with Crippen molar-refractivity contribution >= 4 is 11.7 Å². The van der Waals surface area contributed by atoms with Gasteiger partial charge in [-0.3, -0.25) is 0 Å². The number of anilines is 1. The summed E-state index contributed by atoms with van der Waals surface area (Å²) in [6.07, 6.45) is -0.888. The van der Waals surface area contributed by atoms with Crippen molar-refractivity contribution in [3.8, 4) is 0 Å². The highest BCUT2D eigenvalue weighted by molar-refractivity contribution is 5.74. The van der Waals surface area contributed by atoms with E-state index in [0.29, 0.717) is 5.56 Å². The predicted molar refractivity (Wildman–Crippen MR) is 53.4 cm³/mol. The maximum Gasteiger partial charge on any atom is 0.337 e. The monoisotopic (exact) mass is 195 g/mol. The molecule has 1 aromatic carbocycles. The van der Waals surface area contributed by atoms with Gasteiger partial charge in [-0.25, -0.2) is 4.79 Å². The van der Waals surface area contributed by atoms with Crippen molar-refractivity contribution in [3.05, 3.63) is 29.8 Å². The standard InChI is InChI=1S/C10H13NO3/c1-11-8-5-3-7(4-6-8)9(14-2)10(12)13/h3-6,9,11H,1-2H3,(H,12,13). The van der Waals surface area contributed by atoms with Crippen molar-refractivity contribution in [2.24, 2.45) is 0 Å². The van der Waals surface area contributed by atoms with Gasteiger partial charge in [-0.1, -0.05) is 12.1 Å². The van der Waals surface area contributed by atoms with Crippen LogP contribution in [0.15, 0.2) is 24.3 Å². The van der Waals surface area contributed by atoms with Crippen molar-refractivity contribution < 1.29 is 14.6 Å². The van der Waals surface area contributed by atoms with E-state index in [1.165, 1.54) is 7.11 Å². The van der Waals surface area contributed by atoms with Gasteiger partial charge in [-0.15, -0.1) is 0 Å². The van der Waals surface area contributed by atoms with Crippen LogP contribution in [0.4, 0.5) is 5.69 Å². The van der Waals surface area contributed by atoms with E-state index in [-0.39, 0.29) is 0 Å². The van der Waals surface area contributed by atoms with Crippen molar-refractivity contribution in [1.82, 2.24) is 0 Å². The maximum atomic E-state index is 10.7. The number of ether oxygens (including phenoxy) is 1. The number of methoxy groups -OCH3 is 1. The van der Waals surface area contributed by atoms with E-state index in [0.717, 1.165) is 5.69 Å². The Morgan fingerprint density at radius 2 is 2.00 bits per heavy atom. The van der Waals surface area contributed by atoms with Crippen LogP contribution in [0.1, 0.15) is 11.7 Å². The molecule has 14 heavy (non-hydrogen) atoms. The second-order valence-corrected chi connectivity index (χ2v) is 2.83. The molecule has 0 saturated heterocycles. The van der Waals surface area contributed by atoms with Crippen molar-refractivity contribution in [2.45, 2.75) is 6.10 Å². The average molecular weight is 195 g/mol. The fourth-order valence-electron chi connectivity index (χ4n) is 1.20. The average Bonchev–Trinajstić information content (AvgIpc) is 2.19. The van der Waals surface area contributed by atoms with Crippen LogP contribution in [-0.4, -0.2) is 25.2 Å². The van der Waals surface area contributed by atoms with Gasteiger partial charge in [-0.2, -0.15) is 0 Å². The molecule has 0 saturated carbocycles. The largest absolute Gasteiger partial charge is 0.479 e. The molecule has 1 aromatic rings. The second kappa shape index (κ2) is 4.62. The predicted octanol–water partition coefficient (Wildman–Crippen LogP) is 1.50. The van der Waals surface area contributed by atoms with Crippen LogP contribution in [0.2, 0.25) is 0 Å². The van der Waals surface area contributed by atoms with Crippen LogP contribution >= 0.6 is 0 Å². The van der Waals surface area contributed by atoms with Crippen LogP contribution < -0.4 is 5.32 Å². The molecule has 4 heteroatoms. The first-order valence-corrected chi connectivity index (χ1v) is 4.22. The molecule has 76 valence electrons. The molecule has 4 nitrogen and oxygen atoms in total. The van der Waals surface area contributed by atoms with Crippen molar-refractivity contribution in [2.75, 3.05) is 19.5 Å². The fraction of sp³-hybridized carbons (Fsp3) is 0.300. The quantitative estimate of drug-likeness (QED) is 0.764. The maximum absolute atomic E-state index is 10.7. The molecule has 1 unspecified atom stereocenters. The number of benzene rings is 1. The molecule has 1 rings (SSSR count). The third-order valence-corrected chi connectivity index (χ3v) is 1.96. The fourth-order valence-corrected chi connectivity index (χ4v) is 1.20. The highest BCUT2D eigenvalue weighted by Gasteiger charge is 2.18. The van der Waals surface area contributed by atoms with Crippen molar-refractivity contribution in [3.63, 3.8) is 0 Å². The van der Waals surface area contributed by atoms with E-state index in [1.54, 1.807) is 19.2 Å². The van der Waals surface area contributed by atoms with Gasteiger partial charge >= 0.3 is 5.97 Å². The first-order chi connectivity index (χ1) is 6.69. The summed E-state index contributed by atoms with van der Waals surface area (Å²) in [6.45, 7) is 0. The van der Waals surface area contributed by atoms with Crippen LogP contribution in [0, 0.1) is 0 Å². The molecule has 0 amide bonds. The third-order valence-electron chi connectivity index (χ3n) is 1.96. The number of carbonyl (C=O) groups is 1. The summed E-state index contributed by atoms with van der Waals surface area (Å²) in [5.41, 5.74) is 1.58. The lowest BCUT2D eigenvalue weighted by atomic mass is 10.1. The molecule has 0 fully saturated rings. The molecule has 0 bridgehead atoms. The topological polar surface area (TPSA) is 58.6 Å². The molecule has 2 N–H and O–H groups in total. The number of hydrogen-bond acceptors (Lipinski definition) is 3. The van der Waals surface area contributed by atoms with E-state index in [9.17, 15) is 4.79 Å². The summed E-state index contributed by atoms with van der Waals surface area (Å²) in [6, 6.07) is 7.08. The molecule has 0 aliphatic heterocycles. The molecular weight excluding hydrogens is 182 g/mol. The van der Waals surface area contributed by atoms with E-state index in [4.69, 9.17) is 9.84 Å². The van der Waals surface area contributed by atoms with E-state index < -0.39 is 12.1 Å². The van der Waals surface area contributed by atoms with E-state index in [2.05, 4.69) is 5.32 Å². The Kier molecular flexibility index (Phi) is 3.48. The smallest absolute Gasteiger partial charge is 0.337 e. The van der Waals surface area contributed by atoms with Crippen LogP contribution in [0.3, 0.4) is 0 Å². The van der Waals surface area contributed by atoms with Gasteiger partial charge < -0.3 is 15.2 Å². The molecule has 0 aliphatic rings. The number of nitrogens with one attached hydrogen (secondary N) is 1. The van der Waals surface area contributed by atoms with Crippen LogP contribution in [0.5, 0.6) is 0 Å². The molecule has 0 aliphatic carbocycles. The minimum absolute atomic E-state index is 0.638. The Morgan fingerprint density at radius 3 is 2.36 bits per heavy atom. The minimum Gasteiger partial charge on any atom is -0.479 e. The highest BCUT2D eigenvalue weighted by atomic mass is 16.5. The van der Waals surface area contributed by atoms with Crippen molar-refractivity contribution in [1.29, 1.82) is 0 Å². The van der Waals surface area contributed by atoms with Gasteiger partial charge in [0.05, 0.1) is 0 Å². The van der Waals surface area contributed by atoms with Gasteiger partial charge in [0.1, 0.15) is 0 Å². The van der Waals surface area contributed by atoms with E-state index in [1.807, 2.05) is 12.1 Å². The minimum atomic E-state index is -0.982. The SMILES string of the molecule is CNc1ccc(C(OC)C(=O)O)cc1. The van der Waals surface area contributed by atoms with Crippen LogP contribution in [-0.2, 0) is 9.53 Å². The Labute approximate surface area is 82.5 Å². The van der Waals surface area contributed by atoms with Gasteiger partial charge in [0, 0.05) is 19.8 Å². The van der Waals surface area contributed by atoms with Gasteiger partial charge in [0.15, 0.2) is 6.10 Å². The molecule has 1 atom stereocenters. The first-order valence-electron chi connectivity index (χ1n) is 4.22. The third kappa shape index (κ3) is 2.23. The highest BCUT2D eigenvalue weighted by Crippen LogP contribution is 2.18. The number of carboxylic acid groups (broad SMARTS) is 1. The van der Waals surface area contributed by atoms with Crippen LogP contribution in [0.25, 0.3) is 0 Å². The number of hydrogen-bond donors (Lipinski definition) is 2. The summed E-state index contributed by atoms with van der Waals surface area (Å²) >= 11 is 0. The summed E-state index contributed by atoms with van der Waals surface area (Å²) in [7, 11) is 3.19. The Morgan fingerprint density at radius 1 is 1.43 bits per heavy atom. The summed E-state index contributed by atoms with van der Waals surface area (Å²) in [5.74, 6) is -0.982. The lowest BCUT2D eigenvalue weighted by Crippen LogP contribution is -2.13. The summed E-state index contributed by atoms with van der Waals surface area (Å²) < 4.78 is 4.85. The lowest BCUT2D eigenvalue weighted by molar-refractivity contribution is -0.148. The molecule has 0 spiro atoms. The number of aliphatic carboxylic acids is 1. The van der Waals surface area contributed by atoms with Gasteiger partial charge in [0.2, 0.25) is 0 Å². The molecular formula is C10H13NO3. The van der Waals surface area contributed by atoms with Gasteiger partial charge in [0.25, 0.3) is 0 Å². The molecule has 0 radical (unpaired) electrons. The molecule has 0 aromatic heterocycles. The Bertz CT molecular complexity index is 308. The summed E-state index contributed by atoms with van der Waals surface area (Å²) in [4.78, 5) is 10.7. The van der Waals surface area contributed by atoms with E-state index >= 15 is 0 Å². The van der Waals surface area contributed by atoms with Gasteiger partial charge in [-0.05, 0) is 17.7 Å². The number of rotatable bonds is 4. The Hall–Kier alpha value is -1.55. The zero-order valence-corrected chi connectivity index (χ0v) is 8.15.